The molecule has 0 saturated carbocycles. The predicted octanol–water partition coefficient (Wildman–Crippen LogP) is 1.42. The van der Waals surface area contributed by atoms with E-state index in [9.17, 15) is 14.9 Å². The van der Waals surface area contributed by atoms with Gasteiger partial charge in [0.25, 0.3) is 11.6 Å². The number of nitrogens with zero attached hydrogens (tertiary/aromatic N) is 4. The highest BCUT2D eigenvalue weighted by Gasteiger charge is 2.18. The fraction of sp³-hybridized carbons (Fsp3) is 0.400. The van der Waals surface area contributed by atoms with Gasteiger partial charge in [-0.05, 0) is 25.0 Å². The molecule has 3 N–H and O–H groups in total. The molecule has 0 saturated heterocycles. The average Bonchev–Trinajstić information content (AvgIpc) is 2.79. The van der Waals surface area contributed by atoms with Crippen LogP contribution in [-0.4, -0.2) is 25.6 Å². The van der Waals surface area contributed by atoms with E-state index in [-0.39, 0.29) is 23.5 Å². The van der Waals surface area contributed by atoms with Crippen LogP contribution < -0.4 is 11.1 Å². The molecule has 24 heavy (non-hydrogen) atoms. The van der Waals surface area contributed by atoms with Gasteiger partial charge in [-0.3, -0.25) is 14.9 Å². The Hall–Kier alpha value is -2.97. The van der Waals surface area contributed by atoms with Crippen molar-refractivity contribution in [2.24, 2.45) is 0 Å². The number of nitrogens with one attached hydrogen (secondary N) is 1. The van der Waals surface area contributed by atoms with Crippen LogP contribution >= 0.6 is 0 Å². The third-order valence-corrected chi connectivity index (χ3v) is 4.08. The number of anilines is 1. The number of amides is 1. The number of hydrogen-bond acceptors (Lipinski definition) is 6. The minimum Gasteiger partial charge on any atom is -0.393 e. The number of nitrogens with two attached hydrogens (primary N) is 1. The first-order valence-electron chi connectivity index (χ1n) is 7.79. The zero-order valence-electron chi connectivity index (χ0n) is 13.1. The van der Waals surface area contributed by atoms with Gasteiger partial charge in [-0.15, -0.1) is 10.2 Å². The van der Waals surface area contributed by atoms with Crippen molar-refractivity contribution in [2.45, 2.75) is 38.8 Å². The van der Waals surface area contributed by atoms with Gasteiger partial charge in [-0.25, -0.2) is 0 Å². The zero-order valence-corrected chi connectivity index (χ0v) is 13.1. The lowest BCUT2D eigenvalue weighted by Crippen LogP contribution is -2.25. The van der Waals surface area contributed by atoms with E-state index in [0.29, 0.717) is 5.82 Å². The number of aryl methyl sites for hydroxylation is 1. The number of fused-ring (bicyclic) bond motifs is 1. The molecule has 0 bridgehead atoms. The first-order chi connectivity index (χ1) is 11.6. The second-order valence-electron chi connectivity index (χ2n) is 5.71. The van der Waals surface area contributed by atoms with Crippen molar-refractivity contribution >= 4 is 17.3 Å². The summed E-state index contributed by atoms with van der Waals surface area (Å²) in [6.45, 7) is 1.07. The van der Waals surface area contributed by atoms with Crippen molar-refractivity contribution in [3.05, 3.63) is 45.5 Å². The maximum absolute atomic E-state index is 12.2. The fourth-order valence-corrected chi connectivity index (χ4v) is 2.78. The summed E-state index contributed by atoms with van der Waals surface area (Å²) in [7, 11) is 0. The average molecular weight is 330 g/mol. The van der Waals surface area contributed by atoms with Crippen molar-refractivity contribution in [3.63, 3.8) is 0 Å². The van der Waals surface area contributed by atoms with E-state index in [4.69, 9.17) is 5.73 Å². The highest BCUT2D eigenvalue weighted by molar-refractivity contribution is 5.95. The molecule has 1 aliphatic rings. The van der Waals surface area contributed by atoms with Crippen molar-refractivity contribution in [1.29, 1.82) is 0 Å². The Bertz CT molecular complexity index is 786. The van der Waals surface area contributed by atoms with Crippen LogP contribution in [-0.2, 0) is 19.5 Å². The zero-order chi connectivity index (χ0) is 17.1. The van der Waals surface area contributed by atoms with E-state index in [2.05, 4.69) is 15.5 Å². The molecular formula is C15H18N6O3. The quantitative estimate of drug-likeness (QED) is 0.495. The topological polar surface area (TPSA) is 129 Å². The lowest BCUT2D eigenvalue weighted by Gasteiger charge is -2.08. The van der Waals surface area contributed by atoms with Crippen LogP contribution in [0.15, 0.2) is 18.2 Å². The van der Waals surface area contributed by atoms with Gasteiger partial charge in [0.2, 0.25) is 0 Å². The first-order valence-corrected chi connectivity index (χ1v) is 7.79. The van der Waals surface area contributed by atoms with Crippen molar-refractivity contribution in [3.8, 4) is 0 Å². The van der Waals surface area contributed by atoms with E-state index >= 15 is 0 Å². The number of benzene rings is 1. The molecule has 1 aromatic carbocycles. The van der Waals surface area contributed by atoms with Crippen molar-refractivity contribution in [2.75, 3.05) is 5.73 Å². The molecule has 0 aliphatic carbocycles. The minimum absolute atomic E-state index is 0.0272. The molecule has 3 rings (SSSR count). The second-order valence-corrected chi connectivity index (χ2v) is 5.71. The van der Waals surface area contributed by atoms with Gasteiger partial charge in [-0.1, -0.05) is 6.42 Å². The summed E-state index contributed by atoms with van der Waals surface area (Å²) in [6, 6.07) is 3.99. The van der Waals surface area contributed by atoms with E-state index in [1.807, 2.05) is 4.57 Å². The van der Waals surface area contributed by atoms with Crippen LogP contribution in [0.2, 0.25) is 0 Å². The first kappa shape index (κ1) is 15.9. The molecule has 0 spiro atoms. The normalized spacial score (nSPS) is 13.8. The number of carbonyl (C=O) groups is 1. The highest BCUT2D eigenvalue weighted by atomic mass is 16.6. The largest absolute Gasteiger partial charge is 0.393 e. The summed E-state index contributed by atoms with van der Waals surface area (Å²) in [5.41, 5.74) is 5.47. The van der Waals surface area contributed by atoms with E-state index in [1.165, 1.54) is 18.2 Å². The summed E-state index contributed by atoms with van der Waals surface area (Å²) in [6.07, 6.45) is 4.21. The number of nitrogen functional groups attached to an aromatic ring is 1. The molecular weight excluding hydrogens is 312 g/mol. The van der Waals surface area contributed by atoms with Gasteiger partial charge in [0.05, 0.1) is 11.5 Å². The van der Waals surface area contributed by atoms with Crippen LogP contribution in [0, 0.1) is 10.1 Å². The Labute approximate surface area is 138 Å². The van der Waals surface area contributed by atoms with Crippen molar-refractivity contribution in [1.82, 2.24) is 20.1 Å². The lowest BCUT2D eigenvalue weighted by atomic mass is 10.1. The van der Waals surface area contributed by atoms with Crippen LogP contribution in [0.25, 0.3) is 0 Å². The molecule has 2 aromatic rings. The number of nitro groups is 1. The summed E-state index contributed by atoms with van der Waals surface area (Å²) >= 11 is 0. The molecule has 9 heteroatoms. The predicted molar refractivity (Wildman–Crippen MR) is 86.3 cm³/mol. The van der Waals surface area contributed by atoms with Gasteiger partial charge in [0, 0.05) is 24.6 Å². The molecule has 0 fully saturated rings. The third kappa shape index (κ3) is 3.19. The summed E-state index contributed by atoms with van der Waals surface area (Å²) in [5.74, 6) is 1.23. The number of hydrogen-bond donors (Lipinski definition) is 2. The smallest absolute Gasteiger partial charge is 0.292 e. The van der Waals surface area contributed by atoms with Crippen LogP contribution in [0.1, 0.15) is 41.3 Å². The van der Waals surface area contributed by atoms with Gasteiger partial charge < -0.3 is 15.6 Å². The van der Waals surface area contributed by atoms with Gasteiger partial charge in [0.1, 0.15) is 11.5 Å². The highest BCUT2D eigenvalue weighted by Crippen LogP contribution is 2.22. The molecule has 9 nitrogen and oxygen atoms in total. The molecule has 2 heterocycles. The fourth-order valence-electron chi connectivity index (χ4n) is 2.78. The third-order valence-electron chi connectivity index (χ3n) is 4.08. The van der Waals surface area contributed by atoms with Gasteiger partial charge in [-0.2, -0.15) is 0 Å². The maximum Gasteiger partial charge on any atom is 0.292 e. The molecule has 126 valence electrons. The summed E-state index contributed by atoms with van der Waals surface area (Å²) in [4.78, 5) is 22.5. The maximum atomic E-state index is 12.2. The number of nitro benzene ring substituents is 1. The minimum atomic E-state index is -0.607. The van der Waals surface area contributed by atoms with Gasteiger partial charge >= 0.3 is 0 Å². The molecule has 0 atom stereocenters. The van der Waals surface area contributed by atoms with Crippen LogP contribution in [0.4, 0.5) is 11.4 Å². The summed E-state index contributed by atoms with van der Waals surface area (Å²) < 4.78 is 2.04. The number of carbonyl (C=O) groups excluding carboxylic acids is 1. The van der Waals surface area contributed by atoms with E-state index in [1.54, 1.807) is 0 Å². The lowest BCUT2D eigenvalue weighted by molar-refractivity contribution is -0.383. The van der Waals surface area contributed by atoms with Crippen LogP contribution in [0.5, 0.6) is 0 Å². The molecule has 0 unspecified atom stereocenters. The molecule has 0 radical (unpaired) electrons. The Morgan fingerprint density at radius 2 is 2.17 bits per heavy atom. The number of aromatic nitrogens is 3. The standard InChI is InChI=1S/C15H18N6O3/c16-11-6-5-10(8-12(11)21(23)24)15(22)17-9-14-19-18-13-4-2-1-3-7-20(13)14/h5-6,8H,1-4,7,9,16H2,(H,17,22). The van der Waals surface area contributed by atoms with Gasteiger partial charge in [0.15, 0.2) is 5.82 Å². The summed E-state index contributed by atoms with van der Waals surface area (Å²) in [5, 5.41) is 21.9. The Morgan fingerprint density at radius 1 is 1.33 bits per heavy atom. The number of rotatable bonds is 4. The van der Waals surface area contributed by atoms with E-state index in [0.717, 1.165) is 38.1 Å². The molecule has 1 amide bonds. The molecule has 1 aromatic heterocycles. The Kier molecular flexibility index (Phi) is 4.41. The van der Waals surface area contributed by atoms with Crippen LogP contribution in [0.3, 0.4) is 0 Å². The molecule has 1 aliphatic heterocycles. The monoisotopic (exact) mass is 330 g/mol. The Morgan fingerprint density at radius 3 is 2.96 bits per heavy atom. The Balaban J connectivity index is 1.71. The van der Waals surface area contributed by atoms with Crippen molar-refractivity contribution < 1.29 is 9.72 Å². The second kappa shape index (κ2) is 6.65. The van der Waals surface area contributed by atoms with E-state index < -0.39 is 10.8 Å². The SMILES string of the molecule is Nc1ccc(C(=O)NCc2nnc3n2CCCCC3)cc1[N+](=O)[O-].